The number of nitrogens with zero attached hydrogens (tertiary/aromatic N) is 2. The monoisotopic (exact) mass is 404 g/mol. The molecule has 0 fully saturated rings. The first-order chi connectivity index (χ1) is 14.0. The normalized spacial score (nSPS) is 11.2. The van der Waals surface area contributed by atoms with Crippen LogP contribution in [0.5, 0.6) is 5.88 Å². The quantitative estimate of drug-likeness (QED) is 0.339. The number of fused-ring (bicyclic) bond motifs is 1. The van der Waals surface area contributed by atoms with Gasteiger partial charge in [-0.25, -0.2) is 0 Å². The molecule has 3 aromatic carbocycles. The van der Waals surface area contributed by atoms with Crippen molar-refractivity contribution in [3.63, 3.8) is 0 Å². The zero-order chi connectivity index (χ0) is 20.4. The molecule has 1 aromatic heterocycles. The van der Waals surface area contributed by atoms with Gasteiger partial charge in [-0.3, -0.25) is 4.79 Å². The lowest BCUT2D eigenvalue weighted by Gasteiger charge is -2.06. The van der Waals surface area contributed by atoms with Gasteiger partial charge < -0.3 is 15.4 Å². The molecule has 0 unspecified atom stereocenters. The summed E-state index contributed by atoms with van der Waals surface area (Å²) in [4.78, 5) is 15.3. The molecule has 0 atom stereocenters. The molecule has 144 valence electrons. The van der Waals surface area contributed by atoms with E-state index in [1.807, 2.05) is 31.2 Å². The molecule has 0 spiro atoms. The van der Waals surface area contributed by atoms with Gasteiger partial charge in [-0.05, 0) is 61.5 Å². The number of nitrogens with one attached hydrogen (secondary N) is 2. The van der Waals surface area contributed by atoms with Gasteiger partial charge in [0.1, 0.15) is 0 Å². The molecule has 4 aromatic rings. The molecule has 1 amide bonds. The van der Waals surface area contributed by atoms with Crippen molar-refractivity contribution in [2.45, 2.75) is 6.92 Å². The highest BCUT2D eigenvalue weighted by atomic mass is 35.5. The number of anilines is 1. The van der Waals surface area contributed by atoms with Crippen molar-refractivity contribution in [1.29, 1.82) is 0 Å². The van der Waals surface area contributed by atoms with E-state index in [0.29, 0.717) is 38.6 Å². The SMILES string of the molecule is Cc1ccc(N=Nc2c(O)[nH]c3ccc(NC(=O)c4ccc(Cl)cc4)cc23)cc1. The van der Waals surface area contributed by atoms with Gasteiger partial charge in [0.15, 0.2) is 5.69 Å². The molecule has 0 saturated heterocycles. The number of carbonyl (C=O) groups is 1. The van der Waals surface area contributed by atoms with Crippen molar-refractivity contribution < 1.29 is 9.90 Å². The van der Waals surface area contributed by atoms with Crippen molar-refractivity contribution in [1.82, 2.24) is 4.98 Å². The predicted molar refractivity (Wildman–Crippen MR) is 115 cm³/mol. The maximum atomic E-state index is 12.4. The number of hydrogen-bond acceptors (Lipinski definition) is 4. The standard InChI is InChI=1S/C22H17ClN4O2/c1-13-2-8-16(9-3-13)26-27-20-18-12-17(10-11-19(18)25-22(20)29)24-21(28)14-4-6-15(23)7-5-14/h2-12,25,29H,1H3,(H,24,28). The summed E-state index contributed by atoms with van der Waals surface area (Å²) >= 11 is 5.87. The summed E-state index contributed by atoms with van der Waals surface area (Å²) in [6, 6.07) is 19.4. The van der Waals surface area contributed by atoms with Crippen LogP contribution in [0, 0.1) is 6.92 Å². The molecular formula is C22H17ClN4O2. The zero-order valence-corrected chi connectivity index (χ0v) is 16.2. The molecule has 4 rings (SSSR count). The van der Waals surface area contributed by atoms with Crippen LogP contribution in [-0.4, -0.2) is 16.0 Å². The smallest absolute Gasteiger partial charge is 0.255 e. The number of carbonyl (C=O) groups excluding carboxylic acids is 1. The molecule has 1 heterocycles. The number of hydrogen-bond donors (Lipinski definition) is 3. The number of azo groups is 1. The number of aryl methyl sites for hydroxylation is 1. The van der Waals surface area contributed by atoms with E-state index in [2.05, 4.69) is 20.5 Å². The van der Waals surface area contributed by atoms with Crippen LogP contribution in [0.4, 0.5) is 17.1 Å². The van der Waals surface area contributed by atoms with Crippen molar-refractivity contribution in [2.75, 3.05) is 5.32 Å². The Bertz CT molecular complexity index is 1210. The Morgan fingerprint density at radius 1 is 1.00 bits per heavy atom. The first kappa shape index (κ1) is 18.7. The summed E-state index contributed by atoms with van der Waals surface area (Å²) in [5.41, 5.74) is 3.86. The third-order valence-electron chi connectivity index (χ3n) is 4.42. The molecule has 29 heavy (non-hydrogen) atoms. The molecule has 7 heteroatoms. The molecule has 0 saturated carbocycles. The Kier molecular flexibility index (Phi) is 5.01. The van der Waals surface area contributed by atoms with Gasteiger partial charge in [0.25, 0.3) is 5.91 Å². The van der Waals surface area contributed by atoms with Gasteiger partial charge >= 0.3 is 0 Å². The number of H-pyrrole nitrogens is 1. The summed E-state index contributed by atoms with van der Waals surface area (Å²) in [7, 11) is 0. The van der Waals surface area contributed by atoms with Crippen LogP contribution < -0.4 is 5.32 Å². The van der Waals surface area contributed by atoms with Crippen LogP contribution in [0.3, 0.4) is 0 Å². The average molecular weight is 405 g/mol. The predicted octanol–water partition coefficient (Wildman–Crippen LogP) is 6.50. The molecule has 0 aliphatic heterocycles. The maximum absolute atomic E-state index is 12.4. The highest BCUT2D eigenvalue weighted by molar-refractivity contribution is 6.30. The summed E-state index contributed by atoms with van der Waals surface area (Å²) in [6.07, 6.45) is 0. The highest BCUT2D eigenvalue weighted by Crippen LogP contribution is 2.37. The van der Waals surface area contributed by atoms with Crippen molar-refractivity contribution >= 4 is 45.5 Å². The minimum atomic E-state index is -0.261. The van der Waals surface area contributed by atoms with E-state index in [4.69, 9.17) is 11.6 Å². The van der Waals surface area contributed by atoms with E-state index in [1.165, 1.54) is 0 Å². The second kappa shape index (κ2) is 7.77. The van der Waals surface area contributed by atoms with Gasteiger partial charge in [-0.15, -0.1) is 5.11 Å². The van der Waals surface area contributed by atoms with Crippen LogP contribution in [0.2, 0.25) is 5.02 Å². The third-order valence-corrected chi connectivity index (χ3v) is 4.67. The molecule has 3 N–H and O–H groups in total. The highest BCUT2D eigenvalue weighted by Gasteiger charge is 2.13. The van der Waals surface area contributed by atoms with Gasteiger partial charge in [0.2, 0.25) is 5.88 Å². The van der Waals surface area contributed by atoms with Gasteiger partial charge in [-0.2, -0.15) is 5.11 Å². The van der Waals surface area contributed by atoms with Crippen molar-refractivity contribution in [3.05, 3.63) is 82.9 Å². The molecule has 0 radical (unpaired) electrons. The van der Waals surface area contributed by atoms with Crippen LogP contribution in [0.15, 0.2) is 77.0 Å². The Balaban J connectivity index is 1.62. The van der Waals surface area contributed by atoms with Crippen LogP contribution in [0.1, 0.15) is 15.9 Å². The number of aromatic hydroxyl groups is 1. The fourth-order valence-corrected chi connectivity index (χ4v) is 2.99. The minimum Gasteiger partial charge on any atom is -0.493 e. The zero-order valence-electron chi connectivity index (χ0n) is 15.5. The van der Waals surface area contributed by atoms with Crippen molar-refractivity contribution in [3.8, 4) is 5.88 Å². The maximum Gasteiger partial charge on any atom is 0.255 e. The molecule has 0 bridgehead atoms. The number of benzene rings is 3. The molecular weight excluding hydrogens is 388 g/mol. The lowest BCUT2D eigenvalue weighted by Crippen LogP contribution is -2.11. The average Bonchev–Trinajstić information content (AvgIpc) is 3.02. The van der Waals surface area contributed by atoms with E-state index < -0.39 is 0 Å². The summed E-state index contributed by atoms with van der Waals surface area (Å²) in [6.45, 7) is 1.99. The van der Waals surface area contributed by atoms with E-state index >= 15 is 0 Å². The summed E-state index contributed by atoms with van der Waals surface area (Å²) in [5.74, 6) is -0.347. The third kappa shape index (κ3) is 4.12. The molecule has 0 aliphatic rings. The Hall–Kier alpha value is -3.64. The topological polar surface area (TPSA) is 89.8 Å². The number of aromatic nitrogens is 1. The number of halogens is 1. The number of aromatic amines is 1. The van der Waals surface area contributed by atoms with Crippen LogP contribution >= 0.6 is 11.6 Å². The number of amides is 1. The number of rotatable bonds is 4. The van der Waals surface area contributed by atoms with Gasteiger partial charge in [0.05, 0.1) is 11.2 Å². The van der Waals surface area contributed by atoms with E-state index in [9.17, 15) is 9.90 Å². The van der Waals surface area contributed by atoms with E-state index in [1.54, 1.807) is 42.5 Å². The summed E-state index contributed by atoms with van der Waals surface area (Å²) < 4.78 is 0. The molecule has 6 nitrogen and oxygen atoms in total. The van der Waals surface area contributed by atoms with Gasteiger partial charge in [0, 0.05) is 21.7 Å². The Morgan fingerprint density at radius 3 is 2.45 bits per heavy atom. The van der Waals surface area contributed by atoms with Gasteiger partial charge in [-0.1, -0.05) is 29.3 Å². The molecule has 0 aliphatic carbocycles. The Labute approximate surface area is 171 Å². The van der Waals surface area contributed by atoms with Crippen LogP contribution in [0.25, 0.3) is 10.9 Å². The fourth-order valence-electron chi connectivity index (χ4n) is 2.87. The fraction of sp³-hybridized carbons (Fsp3) is 0.0455. The first-order valence-electron chi connectivity index (χ1n) is 8.89. The minimum absolute atomic E-state index is 0.0861. The largest absolute Gasteiger partial charge is 0.493 e. The Morgan fingerprint density at radius 2 is 1.72 bits per heavy atom. The lowest BCUT2D eigenvalue weighted by molar-refractivity contribution is 0.102. The summed E-state index contributed by atoms with van der Waals surface area (Å²) in [5, 5.41) is 22.7. The second-order valence-corrected chi connectivity index (χ2v) is 7.02. The van der Waals surface area contributed by atoms with Crippen molar-refractivity contribution in [2.24, 2.45) is 10.2 Å². The van der Waals surface area contributed by atoms with Crippen LogP contribution in [-0.2, 0) is 0 Å². The lowest BCUT2D eigenvalue weighted by atomic mass is 10.2. The van der Waals surface area contributed by atoms with E-state index in [-0.39, 0.29) is 11.8 Å². The first-order valence-corrected chi connectivity index (χ1v) is 9.27. The second-order valence-electron chi connectivity index (χ2n) is 6.58. The van der Waals surface area contributed by atoms with E-state index in [0.717, 1.165) is 5.56 Å².